The molecule has 0 aliphatic rings. The number of carbonyl (C=O) groups excluding carboxylic acids is 2. The van der Waals surface area contributed by atoms with Gasteiger partial charge >= 0.3 is 11.8 Å². The molecule has 0 aliphatic carbocycles. The Labute approximate surface area is 119 Å². The number of rotatable bonds is 3. The van der Waals surface area contributed by atoms with Crippen molar-refractivity contribution in [2.75, 3.05) is 5.32 Å². The number of nitrogens with zero attached hydrogens (tertiary/aromatic N) is 2. The molecule has 7 heteroatoms. The molecule has 21 heavy (non-hydrogen) atoms. The maximum Gasteiger partial charge on any atom is 0.329 e. The average molecular weight is 286 g/mol. The number of carbonyl (C=O) groups is 2. The van der Waals surface area contributed by atoms with Crippen LogP contribution in [0.4, 0.5) is 10.1 Å². The summed E-state index contributed by atoms with van der Waals surface area (Å²) in [6.45, 7) is 0. The molecule has 1 aromatic heterocycles. The summed E-state index contributed by atoms with van der Waals surface area (Å²) in [5.41, 5.74) is 3.07. The van der Waals surface area contributed by atoms with Crippen molar-refractivity contribution in [3.63, 3.8) is 0 Å². The molecule has 2 rings (SSSR count). The highest BCUT2D eigenvalue weighted by atomic mass is 19.1. The summed E-state index contributed by atoms with van der Waals surface area (Å²) in [6, 6.07) is 8.49. The number of pyridine rings is 1. The third-order valence-electron chi connectivity index (χ3n) is 2.37. The number of amides is 2. The molecule has 0 radical (unpaired) electrons. The number of nitrogens with one attached hydrogen (secondary N) is 2. The number of anilines is 1. The van der Waals surface area contributed by atoms with Crippen LogP contribution >= 0.6 is 0 Å². The van der Waals surface area contributed by atoms with Crippen molar-refractivity contribution in [1.29, 1.82) is 0 Å². The first kappa shape index (κ1) is 14.3. The van der Waals surface area contributed by atoms with E-state index in [1.807, 2.05) is 0 Å². The van der Waals surface area contributed by atoms with Crippen LogP contribution in [0.1, 0.15) is 5.56 Å². The fourth-order valence-corrected chi connectivity index (χ4v) is 1.39. The fourth-order valence-electron chi connectivity index (χ4n) is 1.39. The van der Waals surface area contributed by atoms with Gasteiger partial charge in [-0.2, -0.15) is 5.10 Å². The van der Waals surface area contributed by atoms with E-state index in [9.17, 15) is 14.0 Å². The lowest BCUT2D eigenvalue weighted by Gasteiger charge is -2.03. The van der Waals surface area contributed by atoms with Gasteiger partial charge in [0.15, 0.2) is 0 Å². The summed E-state index contributed by atoms with van der Waals surface area (Å²) in [5, 5.41) is 5.95. The monoisotopic (exact) mass is 286 g/mol. The highest BCUT2D eigenvalue weighted by Crippen LogP contribution is 2.07. The maximum absolute atomic E-state index is 12.7. The molecule has 2 amide bonds. The van der Waals surface area contributed by atoms with Gasteiger partial charge in [-0.1, -0.05) is 6.07 Å². The van der Waals surface area contributed by atoms with E-state index >= 15 is 0 Å². The standard InChI is InChI=1S/C14H11FN4O2/c15-11-3-5-12(6-4-11)18-13(20)14(21)19-17-9-10-2-1-7-16-8-10/h1-9H,(H,18,20)(H,19,21)/b17-9-. The minimum Gasteiger partial charge on any atom is -0.318 e. The van der Waals surface area contributed by atoms with Crippen molar-refractivity contribution in [3.05, 3.63) is 60.2 Å². The predicted octanol–water partition coefficient (Wildman–Crippen LogP) is 1.31. The summed E-state index contributed by atoms with van der Waals surface area (Å²) in [7, 11) is 0. The average Bonchev–Trinajstić information content (AvgIpc) is 2.50. The Morgan fingerprint density at radius 3 is 2.57 bits per heavy atom. The number of hydrazone groups is 1. The molecule has 0 spiro atoms. The van der Waals surface area contributed by atoms with E-state index in [0.29, 0.717) is 11.3 Å². The first-order valence-corrected chi connectivity index (χ1v) is 5.95. The van der Waals surface area contributed by atoms with Gasteiger partial charge in [-0.25, -0.2) is 9.82 Å². The van der Waals surface area contributed by atoms with Crippen LogP contribution in [0.5, 0.6) is 0 Å². The SMILES string of the molecule is O=C(N/N=C\c1cccnc1)C(=O)Nc1ccc(F)cc1. The number of halogens is 1. The maximum atomic E-state index is 12.7. The van der Waals surface area contributed by atoms with E-state index in [1.165, 1.54) is 30.5 Å². The zero-order chi connectivity index (χ0) is 15.1. The van der Waals surface area contributed by atoms with Crippen LogP contribution in [-0.4, -0.2) is 23.0 Å². The molecule has 0 saturated heterocycles. The number of benzene rings is 1. The summed E-state index contributed by atoms with van der Waals surface area (Å²) < 4.78 is 12.7. The lowest BCUT2D eigenvalue weighted by Crippen LogP contribution is -2.32. The molecule has 0 bridgehead atoms. The molecular weight excluding hydrogens is 275 g/mol. The zero-order valence-electron chi connectivity index (χ0n) is 10.8. The van der Waals surface area contributed by atoms with Crippen molar-refractivity contribution in [2.45, 2.75) is 0 Å². The number of hydrogen-bond acceptors (Lipinski definition) is 4. The molecule has 106 valence electrons. The predicted molar refractivity (Wildman–Crippen MR) is 75.0 cm³/mol. The second-order valence-electron chi connectivity index (χ2n) is 3.95. The minimum atomic E-state index is -0.931. The molecule has 0 aliphatic heterocycles. The fraction of sp³-hybridized carbons (Fsp3) is 0. The summed E-state index contributed by atoms with van der Waals surface area (Å²) in [6.07, 6.45) is 4.51. The Morgan fingerprint density at radius 1 is 1.14 bits per heavy atom. The second-order valence-corrected chi connectivity index (χ2v) is 3.95. The Balaban J connectivity index is 1.87. The normalized spacial score (nSPS) is 10.3. The second kappa shape index (κ2) is 6.90. The number of hydrogen-bond donors (Lipinski definition) is 2. The van der Waals surface area contributed by atoms with Gasteiger partial charge in [-0.15, -0.1) is 0 Å². The molecule has 2 N–H and O–H groups in total. The topological polar surface area (TPSA) is 83.5 Å². The highest BCUT2D eigenvalue weighted by Gasteiger charge is 2.12. The lowest BCUT2D eigenvalue weighted by atomic mass is 10.3. The van der Waals surface area contributed by atoms with Crippen LogP contribution in [-0.2, 0) is 9.59 Å². The first-order valence-electron chi connectivity index (χ1n) is 5.95. The third-order valence-corrected chi connectivity index (χ3v) is 2.37. The van der Waals surface area contributed by atoms with Crippen molar-refractivity contribution in [3.8, 4) is 0 Å². The van der Waals surface area contributed by atoms with Crippen LogP contribution in [0.3, 0.4) is 0 Å². The van der Waals surface area contributed by atoms with Gasteiger partial charge in [-0.05, 0) is 30.3 Å². The zero-order valence-corrected chi connectivity index (χ0v) is 10.8. The van der Waals surface area contributed by atoms with E-state index in [4.69, 9.17) is 0 Å². The Bertz CT molecular complexity index is 656. The van der Waals surface area contributed by atoms with Gasteiger partial charge in [-0.3, -0.25) is 14.6 Å². The van der Waals surface area contributed by atoms with Crippen molar-refractivity contribution in [2.24, 2.45) is 5.10 Å². The Kier molecular flexibility index (Phi) is 4.70. The Morgan fingerprint density at radius 2 is 1.90 bits per heavy atom. The smallest absolute Gasteiger partial charge is 0.318 e. The third kappa shape index (κ3) is 4.50. The van der Waals surface area contributed by atoms with E-state index in [-0.39, 0.29) is 0 Å². The molecule has 0 saturated carbocycles. The van der Waals surface area contributed by atoms with Gasteiger partial charge in [0.25, 0.3) is 0 Å². The molecular formula is C14H11FN4O2. The highest BCUT2D eigenvalue weighted by molar-refractivity contribution is 6.39. The largest absolute Gasteiger partial charge is 0.329 e. The van der Waals surface area contributed by atoms with E-state index < -0.39 is 17.6 Å². The van der Waals surface area contributed by atoms with Crippen LogP contribution in [0, 0.1) is 5.82 Å². The molecule has 2 aromatic rings. The summed E-state index contributed by atoms with van der Waals surface area (Å²) >= 11 is 0. The first-order chi connectivity index (χ1) is 10.1. The van der Waals surface area contributed by atoms with Gasteiger partial charge in [0.05, 0.1) is 6.21 Å². The van der Waals surface area contributed by atoms with Crippen LogP contribution in [0.25, 0.3) is 0 Å². The van der Waals surface area contributed by atoms with E-state index in [0.717, 1.165) is 0 Å². The van der Waals surface area contributed by atoms with Gasteiger partial charge in [0, 0.05) is 23.6 Å². The van der Waals surface area contributed by atoms with Gasteiger partial charge in [0.2, 0.25) is 0 Å². The molecule has 0 atom stereocenters. The van der Waals surface area contributed by atoms with Crippen LogP contribution in [0.15, 0.2) is 53.9 Å². The van der Waals surface area contributed by atoms with Gasteiger partial charge in [0.1, 0.15) is 5.82 Å². The van der Waals surface area contributed by atoms with Crippen LogP contribution < -0.4 is 10.7 Å². The summed E-state index contributed by atoms with van der Waals surface area (Å²) in [5.74, 6) is -2.26. The van der Waals surface area contributed by atoms with E-state index in [1.54, 1.807) is 24.5 Å². The molecule has 6 nitrogen and oxygen atoms in total. The minimum absolute atomic E-state index is 0.313. The van der Waals surface area contributed by atoms with Crippen molar-refractivity contribution in [1.82, 2.24) is 10.4 Å². The van der Waals surface area contributed by atoms with E-state index in [2.05, 4.69) is 20.8 Å². The van der Waals surface area contributed by atoms with Gasteiger partial charge < -0.3 is 5.32 Å². The summed E-state index contributed by atoms with van der Waals surface area (Å²) in [4.78, 5) is 26.9. The lowest BCUT2D eigenvalue weighted by molar-refractivity contribution is -0.136. The quantitative estimate of drug-likeness (QED) is 0.507. The van der Waals surface area contributed by atoms with Crippen molar-refractivity contribution >= 4 is 23.7 Å². The van der Waals surface area contributed by atoms with Crippen LogP contribution in [0.2, 0.25) is 0 Å². The molecule has 0 fully saturated rings. The molecule has 1 aromatic carbocycles. The molecule has 0 unspecified atom stereocenters. The Hall–Kier alpha value is -3.09. The number of aromatic nitrogens is 1. The molecule has 1 heterocycles. The van der Waals surface area contributed by atoms with Crippen molar-refractivity contribution < 1.29 is 14.0 Å².